The summed E-state index contributed by atoms with van der Waals surface area (Å²) in [6.45, 7) is 1.49. The van der Waals surface area contributed by atoms with Crippen LogP contribution in [-0.4, -0.2) is 28.9 Å². The van der Waals surface area contributed by atoms with E-state index in [0.29, 0.717) is 5.56 Å². The molecule has 0 atom stereocenters. The number of nitrogens with two attached hydrogens (primary N) is 1. The molecule has 2 aromatic carbocycles. The Balaban J connectivity index is 2.52. The number of hydrogen-bond donors (Lipinski definition) is 2. The van der Waals surface area contributed by atoms with Crippen LogP contribution < -0.4 is 14.6 Å². The molecule has 140 valence electrons. The van der Waals surface area contributed by atoms with Crippen LogP contribution in [0, 0.1) is 17.0 Å². The van der Waals surface area contributed by atoms with Crippen molar-refractivity contribution in [2.75, 3.05) is 11.8 Å². The fraction of sp³-hybridized carbons (Fsp3) is 0.143. The van der Waals surface area contributed by atoms with Gasteiger partial charge in [0.05, 0.1) is 28.7 Å². The zero-order valence-electron chi connectivity index (χ0n) is 13.7. The summed E-state index contributed by atoms with van der Waals surface area (Å²) in [7, 11) is -7.15. The van der Waals surface area contributed by atoms with Gasteiger partial charge >= 0.3 is 0 Å². The first kappa shape index (κ1) is 19.6. The van der Waals surface area contributed by atoms with Gasteiger partial charge in [0.1, 0.15) is 5.75 Å². The maximum atomic E-state index is 12.5. The lowest BCUT2D eigenvalue weighted by molar-refractivity contribution is -0.387. The van der Waals surface area contributed by atoms with E-state index < -0.39 is 35.6 Å². The molecule has 0 saturated heterocycles. The molecule has 0 aromatic heterocycles. The Morgan fingerprint density at radius 2 is 1.73 bits per heavy atom. The minimum Gasteiger partial charge on any atom is -0.497 e. The van der Waals surface area contributed by atoms with Crippen LogP contribution in [0.15, 0.2) is 46.2 Å². The number of methoxy groups -OCH3 is 1. The number of rotatable bonds is 6. The number of aryl methyl sites for hydroxylation is 1. The summed E-state index contributed by atoms with van der Waals surface area (Å²) < 4.78 is 55.1. The molecule has 0 aliphatic rings. The number of hydrogen-bond acceptors (Lipinski definition) is 7. The number of nitro benzene ring substituents is 1. The van der Waals surface area contributed by atoms with Crippen LogP contribution in [-0.2, 0) is 20.0 Å². The number of ether oxygens (including phenoxy) is 1. The summed E-state index contributed by atoms with van der Waals surface area (Å²) in [5, 5.41) is 16.3. The molecule has 0 spiro atoms. The van der Waals surface area contributed by atoms with Crippen molar-refractivity contribution in [1.82, 2.24) is 0 Å². The van der Waals surface area contributed by atoms with E-state index in [1.165, 1.54) is 32.2 Å². The van der Waals surface area contributed by atoms with E-state index in [1.54, 1.807) is 0 Å². The van der Waals surface area contributed by atoms with Crippen LogP contribution >= 0.6 is 0 Å². The highest BCUT2D eigenvalue weighted by Gasteiger charge is 2.27. The molecular weight excluding hydrogens is 386 g/mol. The quantitative estimate of drug-likeness (QED) is 0.546. The first-order valence-electron chi connectivity index (χ1n) is 6.94. The third kappa shape index (κ3) is 4.09. The van der Waals surface area contributed by atoms with E-state index in [9.17, 15) is 26.9 Å². The molecule has 2 aromatic rings. The molecule has 0 bridgehead atoms. The minimum absolute atomic E-state index is 0.107. The fourth-order valence-electron chi connectivity index (χ4n) is 2.17. The first-order chi connectivity index (χ1) is 12.0. The fourth-order valence-corrected chi connectivity index (χ4v) is 4.19. The van der Waals surface area contributed by atoms with Crippen molar-refractivity contribution >= 4 is 31.4 Å². The minimum atomic E-state index is -4.37. The molecule has 0 saturated carbocycles. The van der Waals surface area contributed by atoms with Crippen LogP contribution in [0.3, 0.4) is 0 Å². The van der Waals surface area contributed by atoms with Crippen LogP contribution in [0.2, 0.25) is 0 Å². The summed E-state index contributed by atoms with van der Waals surface area (Å²) in [5.41, 5.74) is -0.466. The van der Waals surface area contributed by atoms with Crippen molar-refractivity contribution in [3.8, 4) is 5.75 Å². The first-order valence-corrected chi connectivity index (χ1v) is 9.97. The molecule has 0 radical (unpaired) electrons. The monoisotopic (exact) mass is 401 g/mol. The highest BCUT2D eigenvalue weighted by molar-refractivity contribution is 7.93. The lowest BCUT2D eigenvalue weighted by Gasteiger charge is -2.11. The summed E-state index contributed by atoms with van der Waals surface area (Å²) >= 11 is 0. The molecule has 0 heterocycles. The molecule has 3 N–H and O–H groups in total. The third-order valence-electron chi connectivity index (χ3n) is 3.40. The van der Waals surface area contributed by atoms with E-state index in [2.05, 4.69) is 4.72 Å². The van der Waals surface area contributed by atoms with Gasteiger partial charge in [-0.05, 0) is 36.8 Å². The molecule has 0 aliphatic heterocycles. The van der Waals surface area contributed by atoms with Crippen molar-refractivity contribution in [2.24, 2.45) is 5.14 Å². The topological polar surface area (TPSA) is 159 Å². The molecule has 26 heavy (non-hydrogen) atoms. The Morgan fingerprint density at radius 1 is 1.08 bits per heavy atom. The average Bonchev–Trinajstić information content (AvgIpc) is 2.54. The molecule has 10 nitrogen and oxygen atoms in total. The maximum Gasteiger partial charge on any atom is 0.293 e. The van der Waals surface area contributed by atoms with E-state index >= 15 is 0 Å². The van der Waals surface area contributed by atoms with Gasteiger partial charge in [0, 0.05) is 0 Å². The van der Waals surface area contributed by atoms with Gasteiger partial charge in [-0.2, -0.15) is 0 Å². The van der Waals surface area contributed by atoms with Gasteiger partial charge in [0.15, 0.2) is 4.90 Å². The number of primary sulfonamides is 1. The normalized spacial score (nSPS) is 11.8. The second-order valence-electron chi connectivity index (χ2n) is 5.22. The zero-order valence-corrected chi connectivity index (χ0v) is 15.3. The number of sulfonamides is 2. The Labute approximate surface area is 149 Å². The Morgan fingerprint density at radius 3 is 2.27 bits per heavy atom. The van der Waals surface area contributed by atoms with Gasteiger partial charge in [0.25, 0.3) is 15.7 Å². The summed E-state index contributed by atoms with van der Waals surface area (Å²) in [6.07, 6.45) is 0. The maximum absolute atomic E-state index is 12.5. The summed E-state index contributed by atoms with van der Waals surface area (Å²) in [4.78, 5) is 9.46. The number of anilines is 1. The average molecular weight is 401 g/mol. The molecule has 0 amide bonds. The van der Waals surface area contributed by atoms with Crippen molar-refractivity contribution < 1.29 is 26.5 Å². The second kappa shape index (κ2) is 6.90. The predicted octanol–water partition coefficient (Wildman–Crippen LogP) is 1.36. The Kier molecular flexibility index (Phi) is 5.21. The lowest BCUT2D eigenvalue weighted by Crippen LogP contribution is -2.17. The van der Waals surface area contributed by atoms with E-state index in [4.69, 9.17) is 9.88 Å². The number of nitro groups is 1. The van der Waals surface area contributed by atoms with Gasteiger partial charge in [-0.15, -0.1) is 0 Å². The van der Waals surface area contributed by atoms with Crippen molar-refractivity contribution in [2.45, 2.75) is 16.7 Å². The van der Waals surface area contributed by atoms with Crippen LogP contribution in [0.1, 0.15) is 5.56 Å². The third-order valence-corrected chi connectivity index (χ3v) is 5.88. The van der Waals surface area contributed by atoms with Gasteiger partial charge in [0.2, 0.25) is 10.0 Å². The molecule has 0 unspecified atom stereocenters. The van der Waals surface area contributed by atoms with Gasteiger partial charge in [-0.1, -0.05) is 6.07 Å². The van der Waals surface area contributed by atoms with Crippen LogP contribution in [0.5, 0.6) is 5.75 Å². The van der Waals surface area contributed by atoms with Crippen molar-refractivity contribution in [3.63, 3.8) is 0 Å². The van der Waals surface area contributed by atoms with Gasteiger partial charge in [-0.25, -0.2) is 22.0 Å². The molecule has 0 fully saturated rings. The second-order valence-corrected chi connectivity index (χ2v) is 8.40. The van der Waals surface area contributed by atoms with Crippen LogP contribution in [0.4, 0.5) is 11.4 Å². The van der Waals surface area contributed by atoms with E-state index in [0.717, 1.165) is 18.2 Å². The molecule has 12 heteroatoms. The van der Waals surface area contributed by atoms with Crippen molar-refractivity contribution in [1.29, 1.82) is 0 Å². The van der Waals surface area contributed by atoms with Crippen molar-refractivity contribution in [3.05, 3.63) is 52.1 Å². The summed E-state index contributed by atoms with van der Waals surface area (Å²) in [5.74, 6) is 0.113. The molecular formula is C14H15N3O7S2. The number of nitrogens with zero attached hydrogens (tertiary/aromatic N) is 1. The van der Waals surface area contributed by atoms with Crippen LogP contribution in [0.25, 0.3) is 0 Å². The Hall–Kier alpha value is -2.70. The highest BCUT2D eigenvalue weighted by Crippen LogP contribution is 2.30. The predicted molar refractivity (Wildman–Crippen MR) is 93.0 cm³/mol. The molecule has 0 aliphatic carbocycles. The highest BCUT2D eigenvalue weighted by atomic mass is 32.2. The number of benzene rings is 2. The van der Waals surface area contributed by atoms with Gasteiger partial charge in [-0.3, -0.25) is 14.8 Å². The SMILES string of the molecule is COc1ccc(S(=O)(=O)Nc2ccc(C)c(S(N)(=O)=O)c2)c([N+](=O)[O-])c1. The zero-order chi connectivity index (χ0) is 19.7. The standard InChI is InChI=1S/C14H15N3O7S2/c1-9-3-4-10(7-14(9)25(15,20)21)16-26(22,23)13-6-5-11(24-2)8-12(13)17(18)19/h3-8,16H,1-2H3,(H2,15,20,21). The molecule has 2 rings (SSSR count). The van der Waals surface area contributed by atoms with E-state index in [1.807, 2.05) is 0 Å². The lowest BCUT2D eigenvalue weighted by atomic mass is 10.2. The van der Waals surface area contributed by atoms with Gasteiger partial charge < -0.3 is 4.74 Å². The van der Waals surface area contributed by atoms with E-state index in [-0.39, 0.29) is 16.3 Å². The summed E-state index contributed by atoms with van der Waals surface area (Å²) in [6, 6.07) is 6.97. The largest absolute Gasteiger partial charge is 0.497 e. The number of nitrogens with one attached hydrogen (secondary N) is 1. The smallest absolute Gasteiger partial charge is 0.293 e. The Bertz CT molecular complexity index is 1080.